The Labute approximate surface area is 220 Å². The van der Waals surface area contributed by atoms with Gasteiger partial charge in [-0.3, -0.25) is 4.90 Å². The lowest BCUT2D eigenvalue weighted by Crippen LogP contribution is -2.49. The molecule has 1 aliphatic rings. The number of ether oxygens (including phenoxy) is 1. The minimum atomic E-state index is -3.86. The van der Waals surface area contributed by atoms with E-state index in [-0.39, 0.29) is 30.1 Å². The van der Waals surface area contributed by atoms with Gasteiger partial charge in [-0.05, 0) is 42.8 Å². The fraction of sp³-hybridized carbons (Fsp3) is 0.333. The van der Waals surface area contributed by atoms with Gasteiger partial charge < -0.3 is 9.84 Å². The van der Waals surface area contributed by atoms with Crippen LogP contribution in [0.4, 0.5) is 0 Å². The van der Waals surface area contributed by atoms with E-state index in [1.54, 1.807) is 25.1 Å². The van der Waals surface area contributed by atoms with Gasteiger partial charge in [0.05, 0.1) is 6.61 Å². The third-order valence-electron chi connectivity index (χ3n) is 6.75. The zero-order valence-electron chi connectivity index (χ0n) is 21.7. The van der Waals surface area contributed by atoms with Gasteiger partial charge in [-0.15, -0.1) is 0 Å². The lowest BCUT2D eigenvalue weighted by atomic mass is 10.0. The van der Waals surface area contributed by atoms with Crippen LogP contribution in [0, 0.1) is 5.92 Å². The van der Waals surface area contributed by atoms with E-state index in [1.165, 1.54) is 9.87 Å². The molecular weight excluding hydrogens is 484 g/mol. The summed E-state index contributed by atoms with van der Waals surface area (Å²) in [7, 11) is -1.81. The minimum Gasteiger partial charge on any atom is -0.487 e. The van der Waals surface area contributed by atoms with Crippen molar-refractivity contribution in [1.82, 2.24) is 9.21 Å². The van der Waals surface area contributed by atoms with Crippen molar-refractivity contribution >= 4 is 22.2 Å². The smallest absolute Gasteiger partial charge is 0.247 e. The Morgan fingerprint density at radius 1 is 1.03 bits per heavy atom. The number of nitrogens with zero attached hydrogens (tertiary/aromatic N) is 2. The van der Waals surface area contributed by atoms with Gasteiger partial charge in [0.25, 0.3) is 0 Å². The largest absolute Gasteiger partial charge is 0.487 e. The number of hydrogen-bond donors (Lipinski definition) is 1. The highest BCUT2D eigenvalue weighted by Gasteiger charge is 2.38. The first-order valence-corrected chi connectivity index (χ1v) is 14.1. The highest BCUT2D eigenvalue weighted by atomic mass is 32.2. The van der Waals surface area contributed by atoms with E-state index < -0.39 is 16.1 Å². The molecule has 0 bridgehead atoms. The maximum Gasteiger partial charge on any atom is 0.247 e. The first kappa shape index (κ1) is 27.1. The summed E-state index contributed by atoms with van der Waals surface area (Å²) >= 11 is 0. The summed E-state index contributed by atoms with van der Waals surface area (Å²) in [6.07, 6.45) is 3.70. The van der Waals surface area contributed by atoms with Crippen LogP contribution in [0.25, 0.3) is 12.2 Å². The molecular formula is C30H36N2O4S. The molecule has 7 heteroatoms. The molecule has 196 valence electrons. The number of benzene rings is 3. The van der Waals surface area contributed by atoms with Crippen molar-refractivity contribution < 1.29 is 18.3 Å². The molecule has 3 atom stereocenters. The van der Waals surface area contributed by atoms with Crippen LogP contribution in [-0.4, -0.2) is 61.6 Å². The average molecular weight is 521 g/mol. The predicted octanol–water partition coefficient (Wildman–Crippen LogP) is 4.76. The van der Waals surface area contributed by atoms with Gasteiger partial charge in [0.1, 0.15) is 16.7 Å². The molecule has 6 nitrogen and oxygen atoms in total. The lowest BCUT2D eigenvalue weighted by molar-refractivity contribution is 0.0733. The fourth-order valence-electron chi connectivity index (χ4n) is 4.59. The van der Waals surface area contributed by atoms with E-state index in [9.17, 15) is 13.5 Å². The average Bonchev–Trinajstić information content (AvgIpc) is 2.90. The summed E-state index contributed by atoms with van der Waals surface area (Å²) < 4.78 is 35.3. The summed E-state index contributed by atoms with van der Waals surface area (Å²) in [5.74, 6) is 0.244. The Hall–Kier alpha value is -2.97. The Bertz CT molecular complexity index is 1300. The SMILES string of the molecule is C[C@@H]1CN([C@H](C)CO)S(=O)(=O)c2ccc(C=Cc3ccccc3)cc2O[C@H]1CN(C)Cc1ccccc1. The van der Waals surface area contributed by atoms with Gasteiger partial charge in [-0.1, -0.05) is 85.8 Å². The highest BCUT2D eigenvalue weighted by molar-refractivity contribution is 7.89. The summed E-state index contributed by atoms with van der Waals surface area (Å²) in [5.41, 5.74) is 3.11. The van der Waals surface area contributed by atoms with Crippen LogP contribution in [0.5, 0.6) is 5.75 Å². The first-order valence-electron chi connectivity index (χ1n) is 12.7. The van der Waals surface area contributed by atoms with Crippen molar-refractivity contribution in [2.75, 3.05) is 26.7 Å². The molecule has 0 spiro atoms. The molecule has 0 saturated heterocycles. The van der Waals surface area contributed by atoms with Gasteiger partial charge in [0.2, 0.25) is 10.0 Å². The van der Waals surface area contributed by atoms with Crippen molar-refractivity contribution in [3.05, 3.63) is 95.6 Å². The van der Waals surface area contributed by atoms with Crippen LogP contribution in [0.15, 0.2) is 83.8 Å². The quantitative estimate of drug-likeness (QED) is 0.434. The summed E-state index contributed by atoms with van der Waals surface area (Å²) in [5, 5.41) is 9.86. The lowest BCUT2D eigenvalue weighted by Gasteiger charge is -2.37. The Morgan fingerprint density at radius 3 is 2.35 bits per heavy atom. The van der Waals surface area contributed by atoms with Crippen molar-refractivity contribution in [2.24, 2.45) is 5.92 Å². The molecule has 0 aliphatic carbocycles. The molecule has 4 rings (SSSR count). The van der Waals surface area contributed by atoms with E-state index in [1.807, 2.05) is 74.7 Å². The van der Waals surface area contributed by atoms with Gasteiger partial charge in [-0.2, -0.15) is 4.31 Å². The third kappa shape index (κ3) is 6.67. The topological polar surface area (TPSA) is 70.1 Å². The Kier molecular flexibility index (Phi) is 8.82. The molecule has 1 N–H and O–H groups in total. The Balaban J connectivity index is 1.68. The summed E-state index contributed by atoms with van der Waals surface area (Å²) in [6, 6.07) is 24.9. The van der Waals surface area contributed by atoms with Crippen molar-refractivity contribution in [3.8, 4) is 5.75 Å². The monoisotopic (exact) mass is 520 g/mol. The fourth-order valence-corrected chi connectivity index (χ4v) is 6.41. The van der Waals surface area contributed by atoms with E-state index in [2.05, 4.69) is 17.0 Å². The molecule has 0 unspecified atom stereocenters. The van der Waals surface area contributed by atoms with Crippen molar-refractivity contribution in [2.45, 2.75) is 37.4 Å². The normalized spacial score (nSPS) is 20.7. The maximum absolute atomic E-state index is 13.7. The summed E-state index contributed by atoms with van der Waals surface area (Å²) in [4.78, 5) is 2.33. The van der Waals surface area contributed by atoms with Crippen LogP contribution in [-0.2, 0) is 16.6 Å². The van der Waals surface area contributed by atoms with Crippen molar-refractivity contribution in [1.29, 1.82) is 0 Å². The third-order valence-corrected chi connectivity index (χ3v) is 8.77. The van der Waals surface area contributed by atoms with Crippen LogP contribution in [0.2, 0.25) is 0 Å². The van der Waals surface area contributed by atoms with E-state index in [0.717, 1.165) is 17.7 Å². The maximum atomic E-state index is 13.7. The predicted molar refractivity (Wildman–Crippen MR) is 149 cm³/mol. The van der Waals surface area contributed by atoms with Crippen LogP contribution >= 0.6 is 0 Å². The molecule has 0 fully saturated rings. The number of likely N-dealkylation sites (N-methyl/N-ethyl adjacent to an activating group) is 1. The molecule has 3 aromatic carbocycles. The second kappa shape index (κ2) is 12.0. The van der Waals surface area contributed by atoms with Gasteiger partial charge in [0, 0.05) is 31.6 Å². The second-order valence-corrected chi connectivity index (χ2v) is 11.7. The minimum absolute atomic E-state index is 0.0985. The highest BCUT2D eigenvalue weighted by Crippen LogP contribution is 2.34. The first-order chi connectivity index (χ1) is 17.8. The molecule has 0 radical (unpaired) electrons. The molecule has 0 amide bonds. The molecule has 37 heavy (non-hydrogen) atoms. The van der Waals surface area contributed by atoms with Gasteiger partial charge in [0.15, 0.2) is 0 Å². The van der Waals surface area contributed by atoms with Crippen LogP contribution in [0.3, 0.4) is 0 Å². The van der Waals surface area contributed by atoms with E-state index >= 15 is 0 Å². The molecule has 0 aromatic heterocycles. The zero-order chi connectivity index (χ0) is 26.4. The molecule has 3 aromatic rings. The standard InChI is InChI=1S/C30H36N2O4S/c1-23-19-32(24(2)22-33)37(34,35)30-17-16-26(15-14-25-10-6-4-7-11-25)18-28(30)36-29(23)21-31(3)20-27-12-8-5-9-13-27/h4-18,23-24,29,33H,19-22H2,1-3H3/t23-,24-,29+/m1/s1. The summed E-state index contributed by atoms with van der Waals surface area (Å²) in [6.45, 7) is 5.15. The van der Waals surface area contributed by atoms with Gasteiger partial charge in [-0.25, -0.2) is 8.42 Å². The van der Waals surface area contributed by atoms with E-state index in [0.29, 0.717) is 12.3 Å². The molecule has 0 saturated carbocycles. The van der Waals surface area contributed by atoms with Crippen LogP contribution < -0.4 is 4.74 Å². The zero-order valence-corrected chi connectivity index (χ0v) is 22.5. The van der Waals surface area contributed by atoms with E-state index in [4.69, 9.17) is 4.74 Å². The number of fused-ring (bicyclic) bond motifs is 1. The second-order valence-electron chi connectivity index (χ2n) is 9.87. The molecule has 1 heterocycles. The number of sulfonamides is 1. The number of aliphatic hydroxyl groups excluding tert-OH is 1. The number of hydrogen-bond acceptors (Lipinski definition) is 5. The molecule has 1 aliphatic heterocycles. The van der Waals surface area contributed by atoms with Gasteiger partial charge >= 0.3 is 0 Å². The van der Waals surface area contributed by atoms with Crippen LogP contribution in [0.1, 0.15) is 30.5 Å². The number of aliphatic hydroxyl groups is 1. The number of rotatable bonds is 8. The van der Waals surface area contributed by atoms with Crippen molar-refractivity contribution in [3.63, 3.8) is 0 Å². The Morgan fingerprint density at radius 2 is 1.68 bits per heavy atom.